The maximum absolute atomic E-state index is 9.61. The zero-order chi connectivity index (χ0) is 16.7. The van der Waals surface area contributed by atoms with E-state index >= 15 is 0 Å². The van der Waals surface area contributed by atoms with Crippen LogP contribution in [0.25, 0.3) is 11.1 Å². The van der Waals surface area contributed by atoms with Gasteiger partial charge in [-0.3, -0.25) is 0 Å². The first kappa shape index (κ1) is 17.6. The van der Waals surface area contributed by atoms with Crippen LogP contribution < -0.4 is 0 Å². The summed E-state index contributed by atoms with van der Waals surface area (Å²) in [5.74, 6) is 0.319. The van der Waals surface area contributed by atoms with Crippen molar-refractivity contribution in [3.05, 3.63) is 54.1 Å². The molecule has 0 spiro atoms. The zero-order valence-electron chi connectivity index (χ0n) is 14.8. The van der Waals surface area contributed by atoms with Gasteiger partial charge in [-0.15, -0.1) is 0 Å². The average molecular weight is 312 g/mol. The molecule has 1 N–H and O–H groups in total. The number of aromatic hydroxyl groups is 1. The normalized spacial score (nSPS) is 11.6. The van der Waals surface area contributed by atoms with Crippen LogP contribution in [0.15, 0.2) is 48.5 Å². The molecule has 0 saturated carbocycles. The summed E-state index contributed by atoms with van der Waals surface area (Å²) in [6.45, 7) is 11.8. The maximum Gasteiger partial charge on any atom is 0.116 e. The van der Waals surface area contributed by atoms with Crippen molar-refractivity contribution in [1.82, 2.24) is 0 Å². The maximum atomic E-state index is 9.61. The van der Waals surface area contributed by atoms with Crippen LogP contribution >= 0.6 is 0 Å². The first-order valence-electron chi connectivity index (χ1n) is 8.86. The fourth-order valence-electron chi connectivity index (χ4n) is 3.36. The van der Waals surface area contributed by atoms with E-state index in [9.17, 15) is 5.11 Å². The Kier molecular flexibility index (Phi) is 6.23. The fourth-order valence-corrected chi connectivity index (χ4v) is 3.36. The molecule has 0 aliphatic rings. The van der Waals surface area contributed by atoms with Crippen LogP contribution in [0.5, 0.6) is 5.75 Å². The summed E-state index contributed by atoms with van der Waals surface area (Å²) in [7, 11) is 0. The zero-order valence-corrected chi connectivity index (χ0v) is 14.8. The Morgan fingerprint density at radius 3 is 2.09 bits per heavy atom. The molecule has 2 rings (SSSR count). The van der Waals surface area contributed by atoms with E-state index in [0.717, 1.165) is 17.5 Å². The van der Waals surface area contributed by atoms with Crippen LogP contribution in [0.2, 0.25) is 0 Å². The Bertz CT molecular complexity index is 599. The van der Waals surface area contributed by atoms with Gasteiger partial charge < -0.3 is 9.59 Å². The molecule has 23 heavy (non-hydrogen) atoms. The van der Waals surface area contributed by atoms with E-state index < -0.39 is 0 Å². The van der Waals surface area contributed by atoms with E-state index in [4.69, 9.17) is 0 Å². The minimum atomic E-state index is 0.319. The van der Waals surface area contributed by atoms with Crippen LogP contribution in [-0.2, 0) is 6.42 Å². The summed E-state index contributed by atoms with van der Waals surface area (Å²) in [5.41, 5.74) is 3.62. The molecule has 124 valence electrons. The smallest absolute Gasteiger partial charge is 0.116 e. The molecule has 0 aliphatic heterocycles. The second-order valence-electron chi connectivity index (χ2n) is 6.42. The standard InChI is InChI=1S/C21H29NO/c1-4-15-22(5-2,6-3)16-14-18-10-12-19(13-11-18)20-8-7-9-21(23)17-20/h7-13,17H,4-6,14-16H2,1-3H3/p+1. The molecule has 0 radical (unpaired) electrons. The summed E-state index contributed by atoms with van der Waals surface area (Å²) in [4.78, 5) is 0. The van der Waals surface area contributed by atoms with Crippen molar-refractivity contribution in [2.24, 2.45) is 0 Å². The van der Waals surface area contributed by atoms with Gasteiger partial charge in [-0.05, 0) is 49.1 Å². The largest absolute Gasteiger partial charge is 0.508 e. The summed E-state index contributed by atoms with van der Waals surface area (Å²) in [6, 6.07) is 16.2. The average Bonchev–Trinajstić information content (AvgIpc) is 2.59. The summed E-state index contributed by atoms with van der Waals surface area (Å²) in [6.07, 6.45) is 2.38. The molecule has 0 unspecified atom stereocenters. The summed E-state index contributed by atoms with van der Waals surface area (Å²) < 4.78 is 1.21. The highest BCUT2D eigenvalue weighted by Gasteiger charge is 2.21. The van der Waals surface area contributed by atoms with Gasteiger partial charge in [0.05, 0.1) is 26.2 Å². The molecule has 0 atom stereocenters. The molecule has 0 amide bonds. The van der Waals surface area contributed by atoms with Gasteiger partial charge >= 0.3 is 0 Å². The lowest BCUT2D eigenvalue weighted by atomic mass is 10.0. The van der Waals surface area contributed by atoms with E-state index in [0.29, 0.717) is 5.75 Å². The summed E-state index contributed by atoms with van der Waals surface area (Å²) >= 11 is 0. The number of quaternary nitrogens is 1. The highest BCUT2D eigenvalue weighted by Crippen LogP contribution is 2.23. The Balaban J connectivity index is 2.05. The van der Waals surface area contributed by atoms with Crippen molar-refractivity contribution < 1.29 is 9.59 Å². The van der Waals surface area contributed by atoms with Crippen molar-refractivity contribution in [3.8, 4) is 16.9 Å². The minimum Gasteiger partial charge on any atom is -0.508 e. The first-order chi connectivity index (χ1) is 11.1. The monoisotopic (exact) mass is 312 g/mol. The number of hydrogen-bond donors (Lipinski definition) is 1. The number of nitrogens with zero attached hydrogens (tertiary/aromatic N) is 1. The SMILES string of the molecule is CCC[N+](CC)(CC)CCc1ccc(-c2cccc(O)c2)cc1. The molecule has 0 aliphatic carbocycles. The minimum absolute atomic E-state index is 0.319. The summed E-state index contributed by atoms with van der Waals surface area (Å²) in [5, 5.41) is 9.61. The van der Waals surface area contributed by atoms with Gasteiger partial charge in [0, 0.05) is 6.42 Å². The second-order valence-corrected chi connectivity index (χ2v) is 6.42. The van der Waals surface area contributed by atoms with Crippen molar-refractivity contribution in [1.29, 1.82) is 0 Å². The topological polar surface area (TPSA) is 20.2 Å². The van der Waals surface area contributed by atoms with E-state index in [1.54, 1.807) is 6.07 Å². The Morgan fingerprint density at radius 2 is 1.52 bits per heavy atom. The molecule has 0 saturated heterocycles. The third-order valence-corrected chi connectivity index (χ3v) is 5.05. The lowest BCUT2D eigenvalue weighted by Crippen LogP contribution is -2.49. The van der Waals surface area contributed by atoms with Crippen LogP contribution in [0, 0.1) is 0 Å². The van der Waals surface area contributed by atoms with E-state index in [1.807, 2.05) is 18.2 Å². The Hall–Kier alpha value is -1.80. The van der Waals surface area contributed by atoms with Crippen LogP contribution in [-0.4, -0.2) is 35.8 Å². The number of phenolic OH excluding ortho intramolecular Hbond substituents is 1. The highest BCUT2D eigenvalue weighted by molar-refractivity contribution is 5.65. The lowest BCUT2D eigenvalue weighted by Gasteiger charge is -2.36. The van der Waals surface area contributed by atoms with Crippen molar-refractivity contribution >= 4 is 0 Å². The molecule has 2 heteroatoms. The molecule has 2 aromatic carbocycles. The van der Waals surface area contributed by atoms with Gasteiger partial charge in [0.2, 0.25) is 0 Å². The Morgan fingerprint density at radius 1 is 0.826 bits per heavy atom. The van der Waals surface area contributed by atoms with Crippen molar-refractivity contribution in [3.63, 3.8) is 0 Å². The third-order valence-electron chi connectivity index (χ3n) is 5.05. The first-order valence-corrected chi connectivity index (χ1v) is 8.86. The van der Waals surface area contributed by atoms with Gasteiger partial charge in [-0.25, -0.2) is 0 Å². The van der Waals surface area contributed by atoms with Gasteiger partial charge in [-0.1, -0.05) is 43.3 Å². The number of likely N-dealkylation sites (N-methyl/N-ethyl adjacent to an activating group) is 1. The number of hydrogen-bond acceptors (Lipinski definition) is 1. The van der Waals surface area contributed by atoms with Crippen molar-refractivity contribution in [2.75, 3.05) is 26.2 Å². The van der Waals surface area contributed by atoms with Gasteiger partial charge in [-0.2, -0.15) is 0 Å². The van der Waals surface area contributed by atoms with E-state index in [-0.39, 0.29) is 0 Å². The second kappa shape index (κ2) is 8.16. The molecular weight excluding hydrogens is 282 g/mol. The predicted molar refractivity (Wildman–Crippen MR) is 98.6 cm³/mol. The molecule has 2 nitrogen and oxygen atoms in total. The number of phenols is 1. The van der Waals surface area contributed by atoms with Gasteiger partial charge in [0.15, 0.2) is 0 Å². The Labute approximate surface area is 141 Å². The molecule has 0 bridgehead atoms. The number of rotatable bonds is 8. The van der Waals surface area contributed by atoms with E-state index in [1.165, 1.54) is 42.6 Å². The molecule has 0 heterocycles. The van der Waals surface area contributed by atoms with Gasteiger partial charge in [0.25, 0.3) is 0 Å². The third kappa shape index (κ3) is 4.59. The highest BCUT2D eigenvalue weighted by atomic mass is 16.3. The predicted octanol–water partition coefficient (Wildman–Crippen LogP) is 4.87. The molecule has 0 aromatic heterocycles. The quantitative estimate of drug-likeness (QED) is 0.690. The molecular formula is C21H30NO+. The molecule has 0 fully saturated rings. The van der Waals surface area contributed by atoms with Crippen LogP contribution in [0.3, 0.4) is 0 Å². The van der Waals surface area contributed by atoms with Crippen LogP contribution in [0.4, 0.5) is 0 Å². The number of benzene rings is 2. The van der Waals surface area contributed by atoms with Crippen molar-refractivity contribution in [2.45, 2.75) is 33.6 Å². The van der Waals surface area contributed by atoms with E-state index in [2.05, 4.69) is 45.0 Å². The lowest BCUT2D eigenvalue weighted by molar-refractivity contribution is -0.924. The molecule has 2 aromatic rings. The van der Waals surface area contributed by atoms with Crippen LogP contribution in [0.1, 0.15) is 32.8 Å². The fraction of sp³-hybridized carbons (Fsp3) is 0.429. The van der Waals surface area contributed by atoms with Gasteiger partial charge in [0.1, 0.15) is 5.75 Å².